The van der Waals surface area contributed by atoms with E-state index in [9.17, 15) is 23.1 Å². The zero-order valence-electron chi connectivity index (χ0n) is 13.5. The number of carbonyl (C=O) groups is 2. The van der Waals surface area contributed by atoms with Gasteiger partial charge in [0.15, 0.2) is 0 Å². The topological polar surface area (TPSA) is 107 Å². The van der Waals surface area contributed by atoms with E-state index in [0.29, 0.717) is 23.9 Å². The average Bonchev–Trinajstić information content (AvgIpc) is 3.31. The average molecular weight is 365 g/mol. The van der Waals surface area contributed by atoms with Crippen LogP contribution in [-0.2, 0) is 19.6 Å². The van der Waals surface area contributed by atoms with Crippen LogP contribution in [0.25, 0.3) is 0 Å². The van der Waals surface area contributed by atoms with Gasteiger partial charge in [0, 0.05) is 25.8 Å². The second-order valence-corrected chi connectivity index (χ2v) is 8.76. The summed E-state index contributed by atoms with van der Waals surface area (Å²) in [5, 5.41) is 9.43. The lowest BCUT2D eigenvalue weighted by Gasteiger charge is -2.28. The van der Waals surface area contributed by atoms with Gasteiger partial charge in [0.25, 0.3) is 15.9 Å². The largest absolute Gasteiger partial charge is 0.481 e. The molecule has 4 rings (SSSR count). The van der Waals surface area contributed by atoms with Crippen LogP contribution < -0.4 is 0 Å². The lowest BCUT2D eigenvalue weighted by molar-refractivity contribution is -0.142. The molecule has 0 bridgehead atoms. The Hall–Kier alpha value is -2.16. The van der Waals surface area contributed by atoms with Crippen LogP contribution in [-0.4, -0.2) is 66.4 Å². The lowest BCUT2D eigenvalue weighted by atomic mass is 9.92. The standard InChI is InChI=1S/C16H19N3O5S/c20-15(19-8-12(10-1-2-10)13(9-19)16(21)22)11-3-4-14-17-25(23,24)6-5-18(14)7-11/h3-4,7,10,12-13H,1-2,5-6,8-9H2,(H,21,22)/t12-,13+/m1/s1. The number of carboxylic acid groups (broad SMARTS) is 1. The van der Waals surface area contributed by atoms with Gasteiger partial charge in [-0.25, -0.2) is 8.42 Å². The summed E-state index contributed by atoms with van der Waals surface area (Å²) in [7, 11) is -3.43. The lowest BCUT2D eigenvalue weighted by Crippen LogP contribution is -2.38. The third-order valence-corrected chi connectivity index (χ3v) is 6.43. The van der Waals surface area contributed by atoms with Gasteiger partial charge in [-0.3, -0.25) is 9.59 Å². The number of nitrogens with zero attached hydrogens (tertiary/aromatic N) is 3. The van der Waals surface area contributed by atoms with Crippen LogP contribution in [0.5, 0.6) is 0 Å². The molecule has 1 N–H and O–H groups in total. The fourth-order valence-electron chi connectivity index (χ4n) is 3.77. The van der Waals surface area contributed by atoms with E-state index < -0.39 is 21.9 Å². The highest BCUT2D eigenvalue weighted by atomic mass is 32.2. The molecule has 2 fully saturated rings. The summed E-state index contributed by atoms with van der Waals surface area (Å²) in [5.41, 5.74) is 0.429. The summed E-state index contributed by atoms with van der Waals surface area (Å²) in [5.74, 6) is -0.871. The molecular weight excluding hydrogens is 346 g/mol. The van der Waals surface area contributed by atoms with E-state index >= 15 is 0 Å². The van der Waals surface area contributed by atoms with Crippen molar-refractivity contribution in [1.29, 1.82) is 0 Å². The normalized spacial score (nSPS) is 30.6. The van der Waals surface area contributed by atoms with E-state index in [0.717, 1.165) is 12.8 Å². The SMILES string of the molecule is O=C(O)[C@H]1CN(C(=O)C2=CN3CCS(=O)(=O)N=C3C=C2)C[C@@H]1C1CC1. The summed E-state index contributed by atoms with van der Waals surface area (Å²) in [6.07, 6.45) is 6.77. The second-order valence-electron chi connectivity index (χ2n) is 7.00. The molecule has 1 saturated carbocycles. The van der Waals surface area contributed by atoms with Crippen LogP contribution in [0.2, 0.25) is 0 Å². The molecule has 3 heterocycles. The number of amidine groups is 1. The molecule has 0 radical (unpaired) electrons. The van der Waals surface area contributed by atoms with Crippen molar-refractivity contribution in [3.8, 4) is 0 Å². The van der Waals surface area contributed by atoms with Gasteiger partial charge >= 0.3 is 5.97 Å². The minimum atomic E-state index is -3.43. The third-order valence-electron chi connectivity index (χ3n) is 5.27. The Morgan fingerprint density at radius 2 is 1.96 bits per heavy atom. The molecule has 1 aliphatic carbocycles. The molecule has 0 unspecified atom stereocenters. The van der Waals surface area contributed by atoms with E-state index in [1.807, 2.05) is 0 Å². The minimum absolute atomic E-state index is 0.0341. The molecule has 8 nitrogen and oxygen atoms in total. The highest BCUT2D eigenvalue weighted by Gasteiger charge is 2.47. The molecule has 1 saturated heterocycles. The number of sulfonamides is 1. The molecule has 0 spiro atoms. The molecule has 25 heavy (non-hydrogen) atoms. The van der Waals surface area contributed by atoms with Crippen molar-refractivity contribution in [1.82, 2.24) is 9.80 Å². The van der Waals surface area contributed by atoms with Crippen molar-refractivity contribution in [2.45, 2.75) is 12.8 Å². The first kappa shape index (κ1) is 16.3. The summed E-state index contributed by atoms with van der Waals surface area (Å²) in [6.45, 7) is 0.960. The Kier molecular flexibility index (Phi) is 3.71. The van der Waals surface area contributed by atoms with E-state index in [2.05, 4.69) is 4.40 Å². The highest BCUT2D eigenvalue weighted by Crippen LogP contribution is 2.44. The Bertz CT molecular complexity index is 825. The van der Waals surface area contributed by atoms with E-state index in [-0.39, 0.29) is 30.7 Å². The number of hydrogen-bond acceptors (Lipinski definition) is 5. The van der Waals surface area contributed by atoms with Gasteiger partial charge in [-0.1, -0.05) is 0 Å². The van der Waals surface area contributed by atoms with Crippen LogP contribution in [0, 0.1) is 17.8 Å². The molecular formula is C16H19N3O5S. The van der Waals surface area contributed by atoms with E-state index in [4.69, 9.17) is 0 Å². The van der Waals surface area contributed by atoms with Gasteiger partial charge in [0.05, 0.1) is 17.2 Å². The predicted octanol–water partition coefficient (Wildman–Crippen LogP) is 0.0532. The number of fused-ring (bicyclic) bond motifs is 1. The Morgan fingerprint density at radius 1 is 1.20 bits per heavy atom. The fraction of sp³-hybridized carbons (Fsp3) is 0.562. The molecule has 1 amide bonds. The zero-order chi connectivity index (χ0) is 17.8. The number of rotatable bonds is 3. The number of aliphatic carboxylic acids is 1. The van der Waals surface area contributed by atoms with Gasteiger partial charge < -0.3 is 14.9 Å². The molecule has 2 atom stereocenters. The van der Waals surface area contributed by atoms with Crippen molar-refractivity contribution in [3.63, 3.8) is 0 Å². The molecule has 3 aliphatic heterocycles. The monoisotopic (exact) mass is 365 g/mol. The first-order valence-electron chi connectivity index (χ1n) is 8.35. The maximum atomic E-state index is 12.8. The number of likely N-dealkylation sites (tertiary alicyclic amines) is 1. The maximum absolute atomic E-state index is 12.8. The van der Waals surface area contributed by atoms with Gasteiger partial charge in [-0.15, -0.1) is 4.40 Å². The summed E-state index contributed by atoms with van der Waals surface area (Å²) in [6, 6.07) is 0. The molecule has 9 heteroatoms. The Labute approximate surface area is 145 Å². The number of carbonyl (C=O) groups excluding carboxylic acids is 1. The quantitative estimate of drug-likeness (QED) is 0.757. The van der Waals surface area contributed by atoms with E-state index in [1.165, 1.54) is 6.08 Å². The van der Waals surface area contributed by atoms with Crippen LogP contribution in [0.3, 0.4) is 0 Å². The van der Waals surface area contributed by atoms with Crippen molar-refractivity contribution >= 4 is 27.7 Å². The van der Waals surface area contributed by atoms with Crippen LogP contribution in [0.4, 0.5) is 0 Å². The Morgan fingerprint density at radius 3 is 2.64 bits per heavy atom. The van der Waals surface area contributed by atoms with Gasteiger partial charge in [0.1, 0.15) is 5.84 Å². The van der Waals surface area contributed by atoms with Gasteiger partial charge in [0.2, 0.25) is 0 Å². The maximum Gasteiger partial charge on any atom is 0.308 e. The number of amides is 1. The zero-order valence-corrected chi connectivity index (χ0v) is 14.4. The molecule has 0 aromatic heterocycles. The van der Waals surface area contributed by atoms with Crippen molar-refractivity contribution in [2.75, 3.05) is 25.4 Å². The van der Waals surface area contributed by atoms with Crippen LogP contribution in [0.1, 0.15) is 12.8 Å². The summed E-state index contributed by atoms with van der Waals surface area (Å²) >= 11 is 0. The van der Waals surface area contributed by atoms with Crippen molar-refractivity contribution < 1.29 is 23.1 Å². The predicted molar refractivity (Wildman–Crippen MR) is 89.1 cm³/mol. The summed E-state index contributed by atoms with van der Waals surface area (Å²) in [4.78, 5) is 27.5. The van der Waals surface area contributed by atoms with E-state index in [1.54, 1.807) is 22.1 Å². The summed E-state index contributed by atoms with van der Waals surface area (Å²) < 4.78 is 26.8. The molecule has 0 aromatic carbocycles. The fourth-order valence-corrected chi connectivity index (χ4v) is 4.74. The minimum Gasteiger partial charge on any atom is -0.481 e. The smallest absolute Gasteiger partial charge is 0.308 e. The number of carboxylic acids is 1. The second kappa shape index (κ2) is 5.69. The number of hydrogen-bond donors (Lipinski definition) is 1. The van der Waals surface area contributed by atoms with Crippen LogP contribution >= 0.6 is 0 Å². The first-order chi connectivity index (χ1) is 11.8. The van der Waals surface area contributed by atoms with Gasteiger partial charge in [-0.2, -0.15) is 0 Å². The van der Waals surface area contributed by atoms with Crippen LogP contribution in [0.15, 0.2) is 28.3 Å². The molecule has 0 aromatic rings. The molecule has 134 valence electrons. The van der Waals surface area contributed by atoms with Gasteiger partial charge in [-0.05, 0) is 36.8 Å². The van der Waals surface area contributed by atoms with Crippen molar-refractivity contribution in [2.24, 2.45) is 22.2 Å². The molecule has 4 aliphatic rings. The van der Waals surface area contributed by atoms with Crippen molar-refractivity contribution in [3.05, 3.63) is 23.9 Å². The third kappa shape index (κ3) is 3.08. The Balaban J connectivity index is 1.52. The highest BCUT2D eigenvalue weighted by molar-refractivity contribution is 7.90. The first-order valence-corrected chi connectivity index (χ1v) is 9.96.